The smallest absolute Gasteiger partial charge is 0.332 e. The molecule has 0 aromatic carbocycles. The minimum absolute atomic E-state index is 0.0558. The van der Waals surface area contributed by atoms with Gasteiger partial charge in [-0.15, -0.1) is 0 Å². The maximum absolute atomic E-state index is 12.1. The summed E-state index contributed by atoms with van der Waals surface area (Å²) >= 11 is 0. The third kappa shape index (κ3) is 8.45. The van der Waals surface area contributed by atoms with Crippen molar-refractivity contribution in [2.45, 2.75) is 76.9 Å². The molecule has 142 valence electrons. The molecule has 1 fully saturated rings. The molecule has 1 aliphatic rings. The lowest BCUT2D eigenvalue weighted by atomic mass is 9.91. The van der Waals surface area contributed by atoms with E-state index in [1.54, 1.807) is 0 Å². The van der Waals surface area contributed by atoms with Crippen molar-refractivity contribution < 1.29 is 24.9 Å². The van der Waals surface area contributed by atoms with E-state index in [9.17, 15) is 19.8 Å². The van der Waals surface area contributed by atoms with E-state index < -0.39 is 18.2 Å². The zero-order valence-corrected chi connectivity index (χ0v) is 15.1. The number of carbonyl (C=O) groups excluding carboxylic acids is 1. The van der Waals surface area contributed by atoms with Gasteiger partial charge in [0.05, 0.1) is 6.10 Å². The van der Waals surface area contributed by atoms with Crippen molar-refractivity contribution in [3.8, 4) is 0 Å². The third-order valence-corrected chi connectivity index (χ3v) is 4.79. The van der Waals surface area contributed by atoms with Gasteiger partial charge in [0, 0.05) is 12.3 Å². The van der Waals surface area contributed by atoms with Crippen molar-refractivity contribution in [3.63, 3.8) is 0 Å². The SMILES string of the molecule is CCCCC[C@H](O)C=C[C@H]1CCC(=O)[C@@H]1CC=CCCC(O)C(=O)O. The molecule has 5 nitrogen and oxygen atoms in total. The first-order valence-electron chi connectivity index (χ1n) is 9.40. The molecule has 1 aliphatic carbocycles. The Morgan fingerprint density at radius 1 is 1.24 bits per heavy atom. The zero-order valence-electron chi connectivity index (χ0n) is 15.1. The maximum Gasteiger partial charge on any atom is 0.332 e. The van der Waals surface area contributed by atoms with Crippen LogP contribution in [-0.2, 0) is 9.59 Å². The van der Waals surface area contributed by atoms with Gasteiger partial charge in [-0.3, -0.25) is 4.79 Å². The average molecular weight is 352 g/mol. The molecule has 0 saturated heterocycles. The van der Waals surface area contributed by atoms with Gasteiger partial charge in [0.15, 0.2) is 6.10 Å². The number of hydrogen-bond acceptors (Lipinski definition) is 4. The minimum atomic E-state index is -1.33. The normalized spacial score (nSPS) is 23.6. The summed E-state index contributed by atoms with van der Waals surface area (Å²) in [5.41, 5.74) is 0. The standard InChI is InChI=1S/C20H32O5/c1-2-3-5-8-16(21)13-11-15-12-14-18(22)17(15)9-6-4-7-10-19(23)20(24)25/h4,6,11,13,15-17,19,21,23H,2-3,5,7-10,12,14H2,1H3,(H,24,25)/t15-,16-,17+,19?/m0/s1. The lowest BCUT2D eigenvalue weighted by Crippen LogP contribution is -2.18. The first-order chi connectivity index (χ1) is 12.0. The van der Waals surface area contributed by atoms with Gasteiger partial charge in [0.25, 0.3) is 0 Å². The van der Waals surface area contributed by atoms with Crippen molar-refractivity contribution in [1.82, 2.24) is 0 Å². The molecule has 0 aliphatic heterocycles. The van der Waals surface area contributed by atoms with E-state index in [0.717, 1.165) is 32.1 Å². The van der Waals surface area contributed by atoms with Crippen molar-refractivity contribution in [1.29, 1.82) is 0 Å². The van der Waals surface area contributed by atoms with E-state index in [-0.39, 0.29) is 24.0 Å². The van der Waals surface area contributed by atoms with Crippen LogP contribution >= 0.6 is 0 Å². The zero-order chi connectivity index (χ0) is 18.7. The second kappa shape index (κ2) is 12.0. The van der Waals surface area contributed by atoms with E-state index in [1.807, 2.05) is 24.3 Å². The number of allylic oxidation sites excluding steroid dienone is 3. The van der Waals surface area contributed by atoms with Crippen LogP contribution in [0.2, 0.25) is 0 Å². The molecule has 0 heterocycles. The van der Waals surface area contributed by atoms with Gasteiger partial charge in [-0.05, 0) is 38.0 Å². The lowest BCUT2D eigenvalue weighted by Gasteiger charge is -2.13. The number of hydrogen-bond donors (Lipinski definition) is 3. The van der Waals surface area contributed by atoms with E-state index >= 15 is 0 Å². The van der Waals surface area contributed by atoms with Crippen molar-refractivity contribution in [2.24, 2.45) is 11.8 Å². The predicted octanol–water partition coefficient (Wildman–Crippen LogP) is 3.25. The molecule has 0 radical (unpaired) electrons. The molecular weight excluding hydrogens is 320 g/mol. The highest BCUT2D eigenvalue weighted by Gasteiger charge is 2.31. The molecule has 1 unspecified atom stereocenters. The number of carboxylic acid groups (broad SMARTS) is 1. The highest BCUT2D eigenvalue weighted by atomic mass is 16.4. The molecule has 5 heteroatoms. The number of unbranched alkanes of at least 4 members (excludes halogenated alkanes) is 2. The molecular formula is C20H32O5. The van der Waals surface area contributed by atoms with Crippen molar-refractivity contribution in [2.75, 3.05) is 0 Å². The lowest BCUT2D eigenvalue weighted by molar-refractivity contribution is -0.146. The van der Waals surface area contributed by atoms with Gasteiger partial charge >= 0.3 is 5.97 Å². The molecule has 1 rings (SSSR count). The average Bonchev–Trinajstić information content (AvgIpc) is 2.92. The maximum atomic E-state index is 12.1. The number of ketones is 1. The van der Waals surface area contributed by atoms with Crippen molar-refractivity contribution in [3.05, 3.63) is 24.3 Å². The number of Topliss-reactive ketones (excluding diaryl/α,β-unsaturated/α-hetero) is 1. The topological polar surface area (TPSA) is 94.8 Å². The Balaban J connectivity index is 2.40. The summed E-state index contributed by atoms with van der Waals surface area (Å²) in [5, 5.41) is 27.8. The number of aliphatic carboxylic acids is 1. The first kappa shape index (κ1) is 21.6. The number of aliphatic hydroxyl groups is 2. The van der Waals surface area contributed by atoms with E-state index in [1.165, 1.54) is 0 Å². The highest BCUT2D eigenvalue weighted by Crippen LogP contribution is 2.33. The van der Waals surface area contributed by atoms with Gasteiger partial charge in [-0.2, -0.15) is 0 Å². The summed E-state index contributed by atoms with van der Waals surface area (Å²) in [6.45, 7) is 2.13. The second-order valence-corrected chi connectivity index (χ2v) is 6.86. The molecule has 0 bridgehead atoms. The fourth-order valence-electron chi connectivity index (χ4n) is 3.18. The fourth-order valence-corrected chi connectivity index (χ4v) is 3.18. The summed E-state index contributed by atoms with van der Waals surface area (Å²) in [5.74, 6) is -0.838. The summed E-state index contributed by atoms with van der Waals surface area (Å²) in [4.78, 5) is 22.6. The van der Waals surface area contributed by atoms with Crippen LogP contribution in [0, 0.1) is 11.8 Å². The van der Waals surface area contributed by atoms with Crippen LogP contribution < -0.4 is 0 Å². The summed E-state index contributed by atoms with van der Waals surface area (Å²) < 4.78 is 0. The first-order valence-corrected chi connectivity index (χ1v) is 9.40. The van der Waals surface area contributed by atoms with Gasteiger partial charge in [-0.1, -0.05) is 50.5 Å². The number of rotatable bonds is 12. The Kier molecular flexibility index (Phi) is 10.3. The Morgan fingerprint density at radius 2 is 2.00 bits per heavy atom. The summed E-state index contributed by atoms with van der Waals surface area (Å²) in [6.07, 6.45) is 12.5. The quantitative estimate of drug-likeness (QED) is 0.370. The molecule has 1 saturated carbocycles. The number of aliphatic hydroxyl groups excluding tert-OH is 2. The largest absolute Gasteiger partial charge is 0.479 e. The van der Waals surface area contributed by atoms with E-state index in [2.05, 4.69) is 6.92 Å². The fraction of sp³-hybridized carbons (Fsp3) is 0.700. The molecule has 0 aromatic heterocycles. The van der Waals surface area contributed by atoms with Crippen LogP contribution in [0.1, 0.15) is 64.7 Å². The minimum Gasteiger partial charge on any atom is -0.479 e. The highest BCUT2D eigenvalue weighted by molar-refractivity contribution is 5.83. The molecule has 0 amide bonds. The van der Waals surface area contributed by atoms with Crippen LogP contribution in [0.5, 0.6) is 0 Å². The molecule has 4 atom stereocenters. The molecule has 0 spiro atoms. The van der Waals surface area contributed by atoms with Gasteiger partial charge in [0.2, 0.25) is 0 Å². The van der Waals surface area contributed by atoms with Crippen LogP contribution in [0.4, 0.5) is 0 Å². The molecule has 3 N–H and O–H groups in total. The van der Waals surface area contributed by atoms with Crippen LogP contribution in [0.3, 0.4) is 0 Å². The number of carboxylic acids is 1. The monoisotopic (exact) mass is 352 g/mol. The number of carbonyl (C=O) groups is 2. The Bertz CT molecular complexity index is 469. The van der Waals surface area contributed by atoms with Crippen LogP contribution in [0.25, 0.3) is 0 Å². The summed E-state index contributed by atoms with van der Waals surface area (Å²) in [6, 6.07) is 0. The van der Waals surface area contributed by atoms with Crippen LogP contribution in [-0.4, -0.2) is 39.3 Å². The van der Waals surface area contributed by atoms with Crippen molar-refractivity contribution >= 4 is 11.8 Å². The molecule has 0 aromatic rings. The van der Waals surface area contributed by atoms with Gasteiger partial charge < -0.3 is 15.3 Å². The summed E-state index contributed by atoms with van der Waals surface area (Å²) in [7, 11) is 0. The Hall–Kier alpha value is -1.46. The van der Waals surface area contributed by atoms with Gasteiger partial charge in [-0.25, -0.2) is 4.79 Å². The van der Waals surface area contributed by atoms with Crippen LogP contribution in [0.15, 0.2) is 24.3 Å². The van der Waals surface area contributed by atoms with Gasteiger partial charge in [0.1, 0.15) is 5.78 Å². The Morgan fingerprint density at radius 3 is 2.68 bits per heavy atom. The third-order valence-electron chi connectivity index (χ3n) is 4.79. The Labute approximate surface area is 150 Å². The van der Waals surface area contributed by atoms with E-state index in [4.69, 9.17) is 5.11 Å². The predicted molar refractivity (Wildman–Crippen MR) is 97.1 cm³/mol. The second-order valence-electron chi connectivity index (χ2n) is 6.86. The van der Waals surface area contributed by atoms with E-state index in [0.29, 0.717) is 19.3 Å². The molecule has 25 heavy (non-hydrogen) atoms.